The summed E-state index contributed by atoms with van der Waals surface area (Å²) < 4.78 is 0. The Balaban J connectivity index is 1.04. The lowest BCUT2D eigenvalue weighted by Gasteiger charge is -2.27. The van der Waals surface area contributed by atoms with Gasteiger partial charge >= 0.3 is 0 Å². The van der Waals surface area contributed by atoms with Crippen LogP contribution in [0.25, 0.3) is 0 Å². The van der Waals surface area contributed by atoms with Crippen molar-refractivity contribution >= 4 is 82.8 Å². The number of nitrogens with zero attached hydrogens (tertiary/aromatic N) is 1. The molecule has 5 aromatic carbocycles. The van der Waals surface area contributed by atoms with Crippen LogP contribution in [0.4, 0.5) is 0 Å². The molecule has 6 amide bonds. The largest absolute Gasteiger partial charge is 0.508 e. The number of Topliss-reactive ketones (excluding diaryl/α,β-unsaturated/α-hetero) is 6. The van der Waals surface area contributed by atoms with E-state index in [1.54, 1.807) is 115 Å². The second-order valence-electron chi connectivity index (χ2n) is 22.8. The van der Waals surface area contributed by atoms with Gasteiger partial charge in [-0.25, -0.2) is 10.9 Å². The standard InChI is InChI=1S/C67H82N12O15S/c1-40(56(82)34-72-51(32-42-14-7-3-8-15-42)60(86)62(88)53(37-80)78-94-38-45-19-23-46(24-20-45)65(91)76-54(39-95)64(70)90)71-35-57(83)50(31-41-12-5-2-6-13-41)74-67(93)49(27-28-58(69)84)77-73-36-59(85)79-29-11-18-55(79)63(89)61(87)52(33-43-16-9-4-10-17-43)75-66(92)48(68)30-44-21-25-47(81)26-22-44/h2-10,12-17,19-26,40,48-55,71-73,77-78,80-81,95H,11,18,27-39,68H2,1H3,(H2,69,84)(H2,70,90)(H,74,93)(H,75,92)(H,76,91)/t40-,48-,49-,50-,51-,52-,53-,54?,55-/m0/s1. The molecular weight excluding hydrogens is 1240 g/mol. The van der Waals surface area contributed by atoms with E-state index in [9.17, 15) is 67.7 Å². The number of benzene rings is 5. The van der Waals surface area contributed by atoms with Crippen molar-refractivity contribution in [1.29, 1.82) is 0 Å². The minimum absolute atomic E-state index is 0.00387. The van der Waals surface area contributed by atoms with E-state index in [-0.39, 0.29) is 75.2 Å². The zero-order valence-electron chi connectivity index (χ0n) is 52.4. The molecule has 506 valence electrons. The number of ketones is 6. The number of rotatable bonds is 42. The van der Waals surface area contributed by atoms with Gasteiger partial charge < -0.3 is 53.6 Å². The summed E-state index contributed by atoms with van der Waals surface area (Å²) in [6, 6.07) is 27.2. The van der Waals surface area contributed by atoms with Crippen LogP contribution in [0.3, 0.4) is 0 Å². The molecule has 0 aliphatic carbocycles. The fourth-order valence-electron chi connectivity index (χ4n) is 10.2. The van der Waals surface area contributed by atoms with Gasteiger partial charge in [0.2, 0.25) is 52.7 Å². The number of primary amides is 2. The Kier molecular flexibility index (Phi) is 30.1. The van der Waals surface area contributed by atoms with Gasteiger partial charge in [0.05, 0.1) is 69.1 Å². The number of thiol groups is 1. The molecule has 0 radical (unpaired) electrons. The number of hydroxylamine groups is 1. The molecule has 95 heavy (non-hydrogen) atoms. The van der Waals surface area contributed by atoms with Crippen molar-refractivity contribution in [2.24, 2.45) is 17.2 Å². The SMILES string of the molecule is C[C@H](NCC(=O)[C@H](Cc1ccccc1)NC(=O)[C@H](CCC(N)=O)NNCC(=O)N1CCC[C@H]1C(=O)C(=O)[C@H](Cc1ccccc1)NC(=O)[C@@H](N)Cc1ccc(O)cc1)C(=O)CN[C@@H](Cc1ccccc1)C(=O)C(=O)[C@H](CO)NOCc1ccc(C(=O)NC(CS)C(N)=O)cc1. The van der Waals surface area contributed by atoms with E-state index in [0.29, 0.717) is 34.2 Å². The smallest absolute Gasteiger partial charge is 0.251 e. The summed E-state index contributed by atoms with van der Waals surface area (Å²) in [4.78, 5) is 168. The van der Waals surface area contributed by atoms with Gasteiger partial charge in [-0.05, 0) is 97.5 Å². The van der Waals surface area contributed by atoms with Crippen LogP contribution in [-0.4, -0.2) is 178 Å². The number of likely N-dealkylation sites (tertiary alicyclic amines) is 1. The van der Waals surface area contributed by atoms with Gasteiger partial charge in [-0.2, -0.15) is 18.1 Å². The van der Waals surface area contributed by atoms with Crippen LogP contribution in [-0.2, 0) is 89.9 Å². The lowest BCUT2D eigenvalue weighted by Crippen LogP contribution is -2.57. The second-order valence-corrected chi connectivity index (χ2v) is 23.2. The Hall–Kier alpha value is -9.23. The molecule has 27 nitrogen and oxygen atoms in total. The molecule has 0 bridgehead atoms. The number of nitrogens with one attached hydrogen (secondary N) is 8. The van der Waals surface area contributed by atoms with Crippen LogP contribution in [0.1, 0.15) is 70.8 Å². The van der Waals surface area contributed by atoms with Crippen molar-refractivity contribution in [3.8, 4) is 5.75 Å². The average molecular weight is 1330 g/mol. The Labute approximate surface area is 554 Å². The van der Waals surface area contributed by atoms with Gasteiger partial charge in [-0.15, -0.1) is 0 Å². The molecular formula is C67H82N12O15S. The number of nitrogens with two attached hydrogens (primary N) is 3. The first-order valence-electron chi connectivity index (χ1n) is 30.8. The number of amides is 6. The number of carbonyl (C=O) groups excluding carboxylic acids is 12. The lowest BCUT2D eigenvalue weighted by molar-refractivity contribution is -0.144. The van der Waals surface area contributed by atoms with Crippen molar-refractivity contribution in [3.05, 3.63) is 173 Å². The molecule has 1 saturated heterocycles. The van der Waals surface area contributed by atoms with Crippen molar-refractivity contribution in [1.82, 2.24) is 47.8 Å². The quantitative estimate of drug-likeness (QED) is 0.0122. The van der Waals surface area contributed by atoms with E-state index in [4.69, 9.17) is 22.0 Å². The van der Waals surface area contributed by atoms with Gasteiger partial charge in [0.1, 0.15) is 23.9 Å². The van der Waals surface area contributed by atoms with Crippen LogP contribution in [0.15, 0.2) is 140 Å². The first-order valence-corrected chi connectivity index (χ1v) is 31.5. The van der Waals surface area contributed by atoms with Gasteiger partial charge in [-0.3, -0.25) is 67.7 Å². The van der Waals surface area contributed by atoms with Crippen LogP contribution in [0, 0.1) is 0 Å². The van der Waals surface area contributed by atoms with E-state index in [1.165, 1.54) is 36.1 Å². The van der Waals surface area contributed by atoms with E-state index >= 15 is 0 Å². The maximum atomic E-state index is 14.2. The lowest BCUT2D eigenvalue weighted by atomic mass is 9.95. The van der Waals surface area contributed by atoms with Crippen LogP contribution < -0.4 is 60.1 Å². The molecule has 9 atom stereocenters. The molecule has 0 spiro atoms. The van der Waals surface area contributed by atoms with E-state index in [1.807, 2.05) is 0 Å². The first-order chi connectivity index (χ1) is 45.5. The van der Waals surface area contributed by atoms with Crippen molar-refractivity contribution in [2.45, 2.75) is 119 Å². The highest BCUT2D eigenvalue weighted by atomic mass is 32.1. The van der Waals surface area contributed by atoms with E-state index in [2.05, 4.69) is 55.5 Å². The van der Waals surface area contributed by atoms with Crippen molar-refractivity contribution in [3.63, 3.8) is 0 Å². The number of phenolic OH excluding ortho intramolecular Hbond substituents is 1. The summed E-state index contributed by atoms with van der Waals surface area (Å²) in [5.41, 5.74) is 28.2. The monoisotopic (exact) mass is 1330 g/mol. The highest BCUT2D eigenvalue weighted by Gasteiger charge is 2.41. The Morgan fingerprint density at radius 3 is 1.69 bits per heavy atom. The Morgan fingerprint density at radius 1 is 0.589 bits per heavy atom. The fourth-order valence-corrected chi connectivity index (χ4v) is 10.5. The number of aliphatic hydroxyl groups excluding tert-OH is 1. The second kappa shape index (κ2) is 38.2. The molecule has 6 rings (SSSR count). The van der Waals surface area contributed by atoms with Crippen LogP contribution in [0.5, 0.6) is 5.75 Å². The highest BCUT2D eigenvalue weighted by molar-refractivity contribution is 7.80. The predicted molar refractivity (Wildman–Crippen MR) is 351 cm³/mol. The zero-order valence-corrected chi connectivity index (χ0v) is 53.3. The number of carbonyl (C=O) groups is 12. The third kappa shape index (κ3) is 23.9. The number of hydrogen-bond donors (Lipinski definition) is 14. The zero-order chi connectivity index (χ0) is 69.0. The molecule has 1 unspecified atom stereocenters. The summed E-state index contributed by atoms with van der Waals surface area (Å²) >= 11 is 4.02. The molecule has 28 heteroatoms. The predicted octanol–water partition coefficient (Wildman–Crippen LogP) is -1.37. The number of hydrazine groups is 1. The first kappa shape index (κ1) is 74.8. The third-order valence-electron chi connectivity index (χ3n) is 15.7. The topological polar surface area (TPSA) is 432 Å². The maximum absolute atomic E-state index is 14.2. The number of hydrogen-bond acceptors (Lipinski definition) is 22. The van der Waals surface area contributed by atoms with Crippen molar-refractivity contribution in [2.75, 3.05) is 38.5 Å². The molecule has 16 N–H and O–H groups in total. The number of phenols is 1. The summed E-state index contributed by atoms with van der Waals surface area (Å²) in [6.07, 6.45) is -0.0526. The maximum Gasteiger partial charge on any atom is 0.251 e. The van der Waals surface area contributed by atoms with E-state index in [0.717, 1.165) is 0 Å². The third-order valence-corrected chi connectivity index (χ3v) is 16.1. The molecule has 0 aromatic heterocycles. The fraction of sp³-hybridized carbons (Fsp3) is 0.373. The minimum atomic E-state index is -1.53. The highest BCUT2D eigenvalue weighted by Crippen LogP contribution is 2.21. The summed E-state index contributed by atoms with van der Waals surface area (Å²) in [5.74, 6) is -9.14. The summed E-state index contributed by atoms with van der Waals surface area (Å²) in [5, 5.41) is 33.5. The van der Waals surface area contributed by atoms with Crippen molar-refractivity contribution < 1.29 is 72.6 Å². The van der Waals surface area contributed by atoms with Gasteiger partial charge in [-0.1, -0.05) is 115 Å². The van der Waals surface area contributed by atoms with Crippen LogP contribution in [0.2, 0.25) is 0 Å². The molecule has 1 aliphatic heterocycles. The van der Waals surface area contributed by atoms with E-state index < -0.39 is 151 Å². The van der Waals surface area contributed by atoms with Gasteiger partial charge in [0.15, 0.2) is 11.6 Å². The number of aromatic hydroxyl groups is 1. The molecule has 1 heterocycles. The Bertz CT molecular complexity index is 3450. The number of aliphatic hydroxyl groups is 1. The Morgan fingerprint density at radius 2 is 1.13 bits per heavy atom. The average Bonchev–Trinajstić information content (AvgIpc) is 1.78. The van der Waals surface area contributed by atoms with Gasteiger partial charge in [0.25, 0.3) is 5.91 Å². The summed E-state index contributed by atoms with van der Waals surface area (Å²) in [7, 11) is 0. The normalized spacial score (nSPS) is 15.3. The summed E-state index contributed by atoms with van der Waals surface area (Å²) in [6.45, 7) is -0.871. The van der Waals surface area contributed by atoms with Gasteiger partial charge in [0, 0.05) is 30.7 Å². The molecule has 5 aromatic rings. The molecule has 1 fully saturated rings. The molecule has 0 saturated carbocycles. The molecule has 1 aliphatic rings. The van der Waals surface area contributed by atoms with Crippen LogP contribution >= 0.6 is 12.6 Å². The minimum Gasteiger partial charge on any atom is -0.508 e.